The summed E-state index contributed by atoms with van der Waals surface area (Å²) in [6, 6.07) is 19.4. The van der Waals surface area contributed by atoms with Gasteiger partial charge in [-0.1, -0.05) is 48.5 Å². The Morgan fingerprint density at radius 2 is 1.65 bits per heavy atom. The van der Waals surface area contributed by atoms with Gasteiger partial charge in [-0.2, -0.15) is 0 Å². The van der Waals surface area contributed by atoms with Crippen molar-refractivity contribution in [3.05, 3.63) is 71.8 Å². The number of aromatic carboxylic acids is 1. The van der Waals surface area contributed by atoms with Gasteiger partial charge in [-0.25, -0.2) is 4.79 Å². The van der Waals surface area contributed by atoms with Crippen LogP contribution >= 0.6 is 0 Å². The molecule has 1 N–H and O–H groups in total. The molecule has 0 aliphatic carbocycles. The van der Waals surface area contributed by atoms with E-state index in [9.17, 15) is 9.90 Å². The first-order chi connectivity index (χ1) is 9.66. The first-order valence-corrected chi connectivity index (χ1v) is 6.49. The average molecular weight is 262 g/mol. The summed E-state index contributed by atoms with van der Waals surface area (Å²) in [5, 5.41) is 11.1. The average Bonchev–Trinajstić information content (AvgIpc) is 2.46. The number of benzene rings is 3. The summed E-state index contributed by atoms with van der Waals surface area (Å²) in [5.41, 5.74) is 3.50. The molecule has 98 valence electrons. The van der Waals surface area contributed by atoms with Gasteiger partial charge in [0.1, 0.15) is 0 Å². The van der Waals surface area contributed by atoms with Crippen LogP contribution in [0.1, 0.15) is 15.9 Å². The lowest BCUT2D eigenvalue weighted by atomic mass is 9.94. The van der Waals surface area contributed by atoms with Crippen LogP contribution in [0.2, 0.25) is 0 Å². The summed E-state index contributed by atoms with van der Waals surface area (Å²) in [7, 11) is 0. The van der Waals surface area contributed by atoms with Crippen LogP contribution in [0.3, 0.4) is 0 Å². The summed E-state index contributed by atoms with van der Waals surface area (Å²) in [5.74, 6) is -0.892. The normalized spacial score (nSPS) is 10.7. The van der Waals surface area contributed by atoms with Crippen LogP contribution in [0, 0.1) is 6.92 Å². The second-order valence-corrected chi connectivity index (χ2v) is 4.87. The molecule has 0 fully saturated rings. The fraction of sp³-hybridized carbons (Fsp3) is 0.0556. The van der Waals surface area contributed by atoms with Crippen LogP contribution in [0.4, 0.5) is 0 Å². The molecule has 0 aliphatic rings. The Hall–Kier alpha value is -2.61. The Labute approximate surface area is 117 Å². The molecular weight excluding hydrogens is 248 g/mol. The van der Waals surface area contributed by atoms with Crippen LogP contribution in [0.25, 0.3) is 21.9 Å². The van der Waals surface area contributed by atoms with Crippen molar-refractivity contribution >= 4 is 16.7 Å². The molecule has 3 rings (SSSR count). The zero-order valence-corrected chi connectivity index (χ0v) is 11.1. The molecular formula is C18H14O2. The number of carboxylic acids is 1. The first-order valence-electron chi connectivity index (χ1n) is 6.49. The van der Waals surface area contributed by atoms with E-state index in [1.807, 2.05) is 61.5 Å². The minimum Gasteiger partial charge on any atom is -0.478 e. The van der Waals surface area contributed by atoms with E-state index in [4.69, 9.17) is 0 Å². The molecule has 0 aliphatic heterocycles. The van der Waals surface area contributed by atoms with Gasteiger partial charge in [-0.15, -0.1) is 0 Å². The van der Waals surface area contributed by atoms with E-state index in [1.54, 1.807) is 6.07 Å². The molecule has 0 heterocycles. The first kappa shape index (κ1) is 12.4. The highest BCUT2D eigenvalue weighted by molar-refractivity contribution is 6.05. The maximum absolute atomic E-state index is 11.5. The van der Waals surface area contributed by atoms with Gasteiger partial charge in [-0.05, 0) is 46.5 Å². The van der Waals surface area contributed by atoms with Crippen molar-refractivity contribution in [1.82, 2.24) is 0 Å². The SMILES string of the molecule is Cc1ccccc1-c1cc(C(=O)O)c2ccccc2c1. The number of rotatable bonds is 2. The number of fused-ring (bicyclic) bond motifs is 1. The molecule has 20 heavy (non-hydrogen) atoms. The summed E-state index contributed by atoms with van der Waals surface area (Å²) < 4.78 is 0. The van der Waals surface area contributed by atoms with Crippen molar-refractivity contribution in [3.63, 3.8) is 0 Å². The highest BCUT2D eigenvalue weighted by Gasteiger charge is 2.11. The maximum Gasteiger partial charge on any atom is 0.336 e. The van der Waals surface area contributed by atoms with E-state index in [1.165, 1.54) is 0 Å². The quantitative estimate of drug-likeness (QED) is 0.737. The van der Waals surface area contributed by atoms with Gasteiger partial charge in [0.2, 0.25) is 0 Å². The summed E-state index contributed by atoms with van der Waals surface area (Å²) in [4.78, 5) is 11.5. The number of hydrogen-bond acceptors (Lipinski definition) is 1. The van der Waals surface area contributed by atoms with Crippen LogP contribution in [0.15, 0.2) is 60.7 Å². The molecule has 3 aromatic carbocycles. The lowest BCUT2D eigenvalue weighted by molar-refractivity contribution is 0.0699. The van der Waals surface area contributed by atoms with Gasteiger partial charge in [0, 0.05) is 0 Å². The topological polar surface area (TPSA) is 37.3 Å². The van der Waals surface area contributed by atoms with E-state index >= 15 is 0 Å². The standard InChI is InChI=1S/C18H14O2/c1-12-6-2-4-8-15(12)14-10-13-7-3-5-9-16(13)17(11-14)18(19)20/h2-11H,1H3,(H,19,20). The number of carboxylic acid groups (broad SMARTS) is 1. The summed E-state index contributed by atoms with van der Waals surface area (Å²) in [6.45, 7) is 2.03. The Balaban J connectivity index is 2.33. The molecule has 2 heteroatoms. The predicted octanol–water partition coefficient (Wildman–Crippen LogP) is 4.51. The molecule has 0 atom stereocenters. The third-order valence-electron chi connectivity index (χ3n) is 3.55. The zero-order chi connectivity index (χ0) is 14.1. The predicted molar refractivity (Wildman–Crippen MR) is 81.1 cm³/mol. The van der Waals surface area contributed by atoms with Crippen molar-refractivity contribution in [2.75, 3.05) is 0 Å². The Morgan fingerprint density at radius 3 is 2.40 bits per heavy atom. The van der Waals surface area contributed by atoms with Gasteiger partial charge in [0.15, 0.2) is 0 Å². The van der Waals surface area contributed by atoms with Gasteiger partial charge in [0.25, 0.3) is 0 Å². The molecule has 0 saturated heterocycles. The van der Waals surface area contributed by atoms with Gasteiger partial charge >= 0.3 is 5.97 Å². The summed E-state index contributed by atoms with van der Waals surface area (Å²) >= 11 is 0. The lowest BCUT2D eigenvalue weighted by Gasteiger charge is -2.10. The van der Waals surface area contributed by atoms with E-state index in [0.717, 1.165) is 27.5 Å². The third-order valence-corrected chi connectivity index (χ3v) is 3.55. The molecule has 2 nitrogen and oxygen atoms in total. The molecule has 0 amide bonds. The number of aryl methyl sites for hydroxylation is 1. The molecule has 0 unspecified atom stereocenters. The highest BCUT2D eigenvalue weighted by atomic mass is 16.4. The van der Waals surface area contributed by atoms with Crippen molar-refractivity contribution in [2.24, 2.45) is 0 Å². The smallest absolute Gasteiger partial charge is 0.336 e. The van der Waals surface area contributed by atoms with E-state index < -0.39 is 5.97 Å². The van der Waals surface area contributed by atoms with Crippen molar-refractivity contribution in [3.8, 4) is 11.1 Å². The van der Waals surface area contributed by atoms with Gasteiger partial charge < -0.3 is 5.11 Å². The fourth-order valence-electron chi connectivity index (χ4n) is 2.54. The Bertz CT molecular complexity index is 803. The van der Waals surface area contributed by atoms with Gasteiger partial charge in [-0.3, -0.25) is 0 Å². The minimum atomic E-state index is -0.892. The Kier molecular flexibility index (Phi) is 2.99. The number of carbonyl (C=O) groups is 1. The third kappa shape index (κ3) is 2.05. The second-order valence-electron chi connectivity index (χ2n) is 4.87. The molecule has 0 saturated carbocycles. The van der Waals surface area contributed by atoms with Crippen LogP contribution in [-0.2, 0) is 0 Å². The minimum absolute atomic E-state index is 0.348. The van der Waals surface area contributed by atoms with E-state index in [2.05, 4.69) is 0 Å². The maximum atomic E-state index is 11.5. The van der Waals surface area contributed by atoms with Crippen LogP contribution < -0.4 is 0 Å². The van der Waals surface area contributed by atoms with Gasteiger partial charge in [0.05, 0.1) is 5.56 Å². The zero-order valence-electron chi connectivity index (χ0n) is 11.1. The van der Waals surface area contributed by atoms with E-state index in [0.29, 0.717) is 5.56 Å². The van der Waals surface area contributed by atoms with Crippen molar-refractivity contribution < 1.29 is 9.90 Å². The van der Waals surface area contributed by atoms with Crippen LogP contribution in [-0.4, -0.2) is 11.1 Å². The van der Waals surface area contributed by atoms with Crippen molar-refractivity contribution in [1.29, 1.82) is 0 Å². The lowest BCUT2D eigenvalue weighted by Crippen LogP contribution is -1.98. The molecule has 0 spiro atoms. The molecule has 0 aromatic heterocycles. The number of hydrogen-bond donors (Lipinski definition) is 1. The second kappa shape index (κ2) is 4.82. The molecule has 0 radical (unpaired) electrons. The fourth-order valence-corrected chi connectivity index (χ4v) is 2.54. The Morgan fingerprint density at radius 1 is 0.950 bits per heavy atom. The van der Waals surface area contributed by atoms with Crippen molar-refractivity contribution in [2.45, 2.75) is 6.92 Å². The van der Waals surface area contributed by atoms with Crippen LogP contribution in [0.5, 0.6) is 0 Å². The highest BCUT2D eigenvalue weighted by Crippen LogP contribution is 2.29. The largest absolute Gasteiger partial charge is 0.478 e. The summed E-state index contributed by atoms with van der Waals surface area (Å²) in [6.07, 6.45) is 0. The van der Waals surface area contributed by atoms with E-state index in [-0.39, 0.29) is 0 Å². The monoisotopic (exact) mass is 262 g/mol. The molecule has 3 aromatic rings. The molecule has 0 bridgehead atoms.